The van der Waals surface area contributed by atoms with Crippen molar-refractivity contribution in [2.75, 3.05) is 39.4 Å². The van der Waals surface area contributed by atoms with E-state index in [1.807, 2.05) is 30.3 Å². The monoisotopic (exact) mass is 344 g/mol. The summed E-state index contributed by atoms with van der Waals surface area (Å²) in [4.78, 5) is 30.8. The molecular formula is C19H28N4O2. The molecule has 136 valence electrons. The van der Waals surface area contributed by atoms with Crippen LogP contribution in [0.1, 0.15) is 19.4 Å². The smallest absolute Gasteiger partial charge is 0.325 e. The van der Waals surface area contributed by atoms with Crippen LogP contribution in [0.4, 0.5) is 4.79 Å². The Balaban J connectivity index is 1.51. The molecule has 0 saturated carbocycles. The van der Waals surface area contributed by atoms with E-state index < -0.39 is 6.04 Å². The number of hydrogen-bond acceptors (Lipinski definition) is 4. The van der Waals surface area contributed by atoms with Gasteiger partial charge in [-0.05, 0) is 11.5 Å². The van der Waals surface area contributed by atoms with Gasteiger partial charge in [-0.15, -0.1) is 0 Å². The minimum atomic E-state index is -0.447. The minimum Gasteiger partial charge on any atom is -0.325 e. The fraction of sp³-hybridized carbons (Fsp3) is 0.579. The summed E-state index contributed by atoms with van der Waals surface area (Å²) in [5.41, 5.74) is 1.06. The van der Waals surface area contributed by atoms with Gasteiger partial charge in [-0.1, -0.05) is 44.2 Å². The largest absolute Gasteiger partial charge is 0.325 e. The van der Waals surface area contributed by atoms with Crippen LogP contribution in [-0.2, 0) is 11.2 Å². The predicted octanol–water partition coefficient (Wildman–Crippen LogP) is 1.38. The molecule has 6 heteroatoms. The molecule has 2 aliphatic rings. The van der Waals surface area contributed by atoms with Gasteiger partial charge < -0.3 is 10.2 Å². The summed E-state index contributed by atoms with van der Waals surface area (Å²) in [7, 11) is 0. The molecule has 0 unspecified atom stereocenters. The quantitative estimate of drug-likeness (QED) is 0.792. The number of nitrogens with one attached hydrogen (secondary N) is 1. The highest BCUT2D eigenvalue weighted by atomic mass is 16.2. The molecule has 2 aliphatic heterocycles. The zero-order valence-corrected chi connectivity index (χ0v) is 15.1. The third-order valence-electron chi connectivity index (χ3n) is 4.82. The summed E-state index contributed by atoms with van der Waals surface area (Å²) in [6.07, 6.45) is 0.546. The Labute approximate surface area is 149 Å². The van der Waals surface area contributed by atoms with Crippen molar-refractivity contribution < 1.29 is 9.59 Å². The summed E-state index contributed by atoms with van der Waals surface area (Å²) in [6, 6.07) is 9.10. The second kappa shape index (κ2) is 7.97. The Morgan fingerprint density at radius 2 is 1.68 bits per heavy atom. The number of amides is 3. The van der Waals surface area contributed by atoms with E-state index >= 15 is 0 Å². The summed E-state index contributed by atoms with van der Waals surface area (Å²) in [5.74, 6) is 0.551. The molecule has 2 fully saturated rings. The van der Waals surface area contributed by atoms with Gasteiger partial charge in [-0.25, -0.2) is 9.69 Å². The van der Waals surface area contributed by atoms with Crippen LogP contribution < -0.4 is 5.32 Å². The number of carbonyl (C=O) groups is 2. The molecule has 3 amide bonds. The number of nitrogens with zero attached hydrogens (tertiary/aromatic N) is 3. The van der Waals surface area contributed by atoms with E-state index in [1.54, 1.807) is 0 Å². The summed E-state index contributed by atoms with van der Waals surface area (Å²) < 4.78 is 0. The zero-order valence-electron chi connectivity index (χ0n) is 15.1. The summed E-state index contributed by atoms with van der Waals surface area (Å²) >= 11 is 0. The highest BCUT2D eigenvalue weighted by Crippen LogP contribution is 2.14. The molecule has 1 aromatic carbocycles. The first kappa shape index (κ1) is 17.9. The first-order valence-electron chi connectivity index (χ1n) is 9.13. The molecule has 1 aromatic rings. The van der Waals surface area contributed by atoms with Gasteiger partial charge in [-0.2, -0.15) is 0 Å². The van der Waals surface area contributed by atoms with Gasteiger partial charge in [0.05, 0.1) is 6.67 Å². The Bertz CT molecular complexity index is 597. The standard InChI is InChI=1S/C19H28N4O2/c1-15(2)13-21-8-10-22(11-9-21)14-23-18(24)17(20-19(23)25)12-16-6-4-3-5-7-16/h3-7,15,17H,8-14H2,1-2H3,(H,20,25)/t17-/m1/s1. The van der Waals surface area contributed by atoms with Crippen LogP contribution in [0.2, 0.25) is 0 Å². The third-order valence-corrected chi connectivity index (χ3v) is 4.82. The van der Waals surface area contributed by atoms with E-state index in [4.69, 9.17) is 0 Å². The first-order chi connectivity index (χ1) is 12.0. The zero-order chi connectivity index (χ0) is 17.8. The molecule has 1 atom stereocenters. The molecule has 0 aromatic heterocycles. The number of piperazine rings is 1. The summed E-state index contributed by atoms with van der Waals surface area (Å²) in [6.45, 7) is 9.74. The number of rotatable bonds is 6. The van der Waals surface area contributed by atoms with Crippen LogP contribution in [0, 0.1) is 5.92 Å². The van der Waals surface area contributed by atoms with Gasteiger partial charge in [0, 0.05) is 39.1 Å². The normalized spacial score (nSPS) is 22.7. The van der Waals surface area contributed by atoms with Crippen molar-refractivity contribution in [3.8, 4) is 0 Å². The molecule has 0 aliphatic carbocycles. The number of imide groups is 1. The Morgan fingerprint density at radius 3 is 2.32 bits per heavy atom. The van der Waals surface area contributed by atoms with Crippen molar-refractivity contribution in [2.45, 2.75) is 26.3 Å². The molecular weight excluding hydrogens is 316 g/mol. The fourth-order valence-electron chi connectivity index (χ4n) is 3.53. The first-order valence-corrected chi connectivity index (χ1v) is 9.13. The van der Waals surface area contributed by atoms with Crippen molar-refractivity contribution in [3.05, 3.63) is 35.9 Å². The van der Waals surface area contributed by atoms with Crippen molar-refractivity contribution in [1.82, 2.24) is 20.0 Å². The number of hydrogen-bond donors (Lipinski definition) is 1. The van der Waals surface area contributed by atoms with Gasteiger partial charge in [-0.3, -0.25) is 9.69 Å². The topological polar surface area (TPSA) is 55.9 Å². The lowest BCUT2D eigenvalue weighted by Crippen LogP contribution is -2.51. The lowest BCUT2D eigenvalue weighted by molar-refractivity contribution is -0.129. The molecule has 0 spiro atoms. The van der Waals surface area contributed by atoms with Crippen molar-refractivity contribution in [3.63, 3.8) is 0 Å². The number of benzene rings is 1. The van der Waals surface area contributed by atoms with Crippen LogP contribution >= 0.6 is 0 Å². The highest BCUT2D eigenvalue weighted by Gasteiger charge is 2.38. The number of urea groups is 1. The SMILES string of the molecule is CC(C)CN1CCN(CN2C(=O)N[C@H](Cc3ccccc3)C2=O)CC1. The van der Waals surface area contributed by atoms with E-state index in [9.17, 15) is 9.59 Å². The molecule has 2 saturated heterocycles. The van der Waals surface area contributed by atoms with Crippen LogP contribution in [-0.4, -0.2) is 72.1 Å². The van der Waals surface area contributed by atoms with E-state index in [-0.39, 0.29) is 11.9 Å². The molecule has 0 bridgehead atoms. The Hall–Kier alpha value is -1.92. The average molecular weight is 344 g/mol. The van der Waals surface area contributed by atoms with Gasteiger partial charge >= 0.3 is 6.03 Å². The fourth-order valence-corrected chi connectivity index (χ4v) is 3.53. The van der Waals surface area contributed by atoms with Gasteiger partial charge in [0.15, 0.2) is 0 Å². The summed E-state index contributed by atoms with van der Waals surface area (Å²) in [5, 5.41) is 2.83. The lowest BCUT2D eigenvalue weighted by Gasteiger charge is -2.36. The van der Waals surface area contributed by atoms with Crippen LogP contribution in [0.3, 0.4) is 0 Å². The van der Waals surface area contributed by atoms with Crippen molar-refractivity contribution in [2.24, 2.45) is 5.92 Å². The van der Waals surface area contributed by atoms with E-state index in [1.165, 1.54) is 4.90 Å². The maximum atomic E-state index is 12.6. The van der Waals surface area contributed by atoms with Crippen LogP contribution in [0.25, 0.3) is 0 Å². The second-order valence-electron chi connectivity index (χ2n) is 7.41. The minimum absolute atomic E-state index is 0.113. The van der Waals surface area contributed by atoms with E-state index in [2.05, 4.69) is 29.0 Å². The molecule has 6 nitrogen and oxygen atoms in total. The maximum absolute atomic E-state index is 12.6. The van der Waals surface area contributed by atoms with Crippen LogP contribution in [0.15, 0.2) is 30.3 Å². The molecule has 25 heavy (non-hydrogen) atoms. The Kier molecular flexibility index (Phi) is 5.71. The van der Waals surface area contributed by atoms with Gasteiger partial charge in [0.25, 0.3) is 5.91 Å². The van der Waals surface area contributed by atoms with E-state index in [0.717, 1.165) is 38.3 Å². The predicted molar refractivity (Wildman–Crippen MR) is 97.0 cm³/mol. The van der Waals surface area contributed by atoms with Crippen molar-refractivity contribution in [1.29, 1.82) is 0 Å². The Morgan fingerprint density at radius 1 is 1.04 bits per heavy atom. The molecule has 3 rings (SSSR count). The highest BCUT2D eigenvalue weighted by molar-refractivity contribution is 6.04. The van der Waals surface area contributed by atoms with Gasteiger partial charge in [0.1, 0.15) is 6.04 Å². The van der Waals surface area contributed by atoms with E-state index in [0.29, 0.717) is 19.0 Å². The average Bonchev–Trinajstić information content (AvgIpc) is 2.84. The second-order valence-corrected chi connectivity index (χ2v) is 7.41. The maximum Gasteiger partial charge on any atom is 0.325 e. The number of carbonyl (C=O) groups excluding carboxylic acids is 2. The van der Waals surface area contributed by atoms with Crippen LogP contribution in [0.5, 0.6) is 0 Å². The van der Waals surface area contributed by atoms with Crippen molar-refractivity contribution >= 4 is 11.9 Å². The molecule has 1 N–H and O–H groups in total. The van der Waals surface area contributed by atoms with Gasteiger partial charge in [0.2, 0.25) is 0 Å². The molecule has 2 heterocycles. The third kappa shape index (κ3) is 4.58. The molecule has 0 radical (unpaired) electrons. The lowest BCUT2D eigenvalue weighted by atomic mass is 10.1.